The van der Waals surface area contributed by atoms with Gasteiger partial charge in [0.1, 0.15) is 6.04 Å². The topological polar surface area (TPSA) is 26.8 Å². The Bertz CT molecular complexity index is 411. The average Bonchev–Trinajstić information content (AvgIpc) is 2.40. The highest BCUT2D eigenvalue weighted by atomic mass is 16.2. The molecule has 0 spiro atoms. The Morgan fingerprint density at radius 3 is 2.21 bits per heavy atom. The van der Waals surface area contributed by atoms with E-state index < -0.39 is 0 Å². The molecule has 1 aromatic rings. The van der Waals surface area contributed by atoms with Crippen LogP contribution in [0.2, 0.25) is 0 Å². The van der Waals surface area contributed by atoms with Crippen LogP contribution in [0.5, 0.6) is 0 Å². The molecule has 0 aliphatic carbocycles. The van der Waals surface area contributed by atoms with E-state index in [1.54, 1.807) is 0 Å². The largest absolute Gasteiger partial charge is 0.338 e. The van der Waals surface area contributed by atoms with E-state index in [9.17, 15) is 4.79 Å². The number of carbonyl (C=O) groups excluding carboxylic acids is 1. The number of nitrogens with zero attached hydrogens (tertiary/aromatic N) is 3. The van der Waals surface area contributed by atoms with Gasteiger partial charge in [0.05, 0.1) is 0 Å². The summed E-state index contributed by atoms with van der Waals surface area (Å²) in [5, 5.41) is 0. The molecule has 2 rings (SSSR count). The predicted octanol–water partition coefficient (Wildman–Crippen LogP) is 1.06. The quantitative estimate of drug-likeness (QED) is 0.814. The zero-order chi connectivity index (χ0) is 13.8. The van der Waals surface area contributed by atoms with Gasteiger partial charge in [-0.05, 0) is 26.7 Å². The first-order valence-corrected chi connectivity index (χ1v) is 6.78. The van der Waals surface area contributed by atoms with E-state index in [-0.39, 0.29) is 11.9 Å². The van der Waals surface area contributed by atoms with Crippen molar-refractivity contribution in [1.82, 2.24) is 14.7 Å². The van der Waals surface area contributed by atoms with Gasteiger partial charge in [0.2, 0.25) is 5.91 Å². The maximum atomic E-state index is 12.7. The Morgan fingerprint density at radius 2 is 1.68 bits per heavy atom. The molecule has 1 atom stereocenters. The monoisotopic (exact) mass is 261 g/mol. The molecule has 0 saturated carbocycles. The normalized spacial score (nSPS) is 18.6. The minimum Gasteiger partial charge on any atom is -0.338 e. The first-order valence-electron chi connectivity index (χ1n) is 6.78. The Labute approximate surface area is 115 Å². The number of hydrogen-bond donors (Lipinski definition) is 0. The fraction of sp³-hybridized carbons (Fsp3) is 0.533. The summed E-state index contributed by atoms with van der Waals surface area (Å²) in [6.07, 6.45) is 0. The van der Waals surface area contributed by atoms with E-state index in [0.29, 0.717) is 0 Å². The van der Waals surface area contributed by atoms with Crippen molar-refractivity contribution in [2.75, 3.05) is 47.3 Å². The molecule has 1 amide bonds. The van der Waals surface area contributed by atoms with Gasteiger partial charge < -0.3 is 9.80 Å². The SMILES string of the molecule is CN1CCN(C(=O)C(c2ccccc2)N(C)C)CC1. The molecule has 0 bridgehead atoms. The molecule has 0 N–H and O–H groups in total. The first kappa shape index (κ1) is 14.0. The van der Waals surface area contributed by atoms with Gasteiger partial charge in [0, 0.05) is 26.2 Å². The Kier molecular flexibility index (Phi) is 4.56. The molecule has 4 heteroatoms. The van der Waals surface area contributed by atoms with E-state index in [2.05, 4.69) is 11.9 Å². The number of likely N-dealkylation sites (N-methyl/N-ethyl adjacent to an activating group) is 2. The smallest absolute Gasteiger partial charge is 0.244 e. The van der Waals surface area contributed by atoms with Gasteiger partial charge in [-0.25, -0.2) is 0 Å². The number of rotatable bonds is 3. The van der Waals surface area contributed by atoms with Crippen LogP contribution in [0.25, 0.3) is 0 Å². The summed E-state index contributed by atoms with van der Waals surface area (Å²) in [6, 6.07) is 9.84. The Balaban J connectivity index is 2.14. The predicted molar refractivity (Wildman–Crippen MR) is 76.9 cm³/mol. The fourth-order valence-electron chi connectivity index (χ4n) is 2.50. The highest BCUT2D eigenvalue weighted by Gasteiger charge is 2.29. The Hall–Kier alpha value is -1.39. The molecule has 1 heterocycles. The third kappa shape index (κ3) is 3.33. The number of carbonyl (C=O) groups is 1. The van der Waals surface area contributed by atoms with Gasteiger partial charge >= 0.3 is 0 Å². The highest BCUT2D eigenvalue weighted by molar-refractivity contribution is 5.83. The van der Waals surface area contributed by atoms with Crippen LogP contribution in [0.15, 0.2) is 30.3 Å². The van der Waals surface area contributed by atoms with Gasteiger partial charge in [-0.2, -0.15) is 0 Å². The molecule has 1 aliphatic rings. The summed E-state index contributed by atoms with van der Waals surface area (Å²) in [5.41, 5.74) is 1.07. The van der Waals surface area contributed by atoms with E-state index in [1.165, 1.54) is 0 Å². The molecular formula is C15H23N3O. The van der Waals surface area contributed by atoms with Crippen LogP contribution in [0, 0.1) is 0 Å². The maximum Gasteiger partial charge on any atom is 0.244 e. The van der Waals surface area contributed by atoms with Crippen molar-refractivity contribution in [3.63, 3.8) is 0 Å². The lowest BCUT2D eigenvalue weighted by molar-refractivity contribution is -0.138. The van der Waals surface area contributed by atoms with E-state index in [1.807, 2.05) is 54.2 Å². The van der Waals surface area contributed by atoms with Gasteiger partial charge in [0.15, 0.2) is 0 Å². The second-order valence-corrected chi connectivity index (χ2v) is 5.41. The summed E-state index contributed by atoms with van der Waals surface area (Å²) in [7, 11) is 6.03. The van der Waals surface area contributed by atoms with E-state index >= 15 is 0 Å². The molecule has 19 heavy (non-hydrogen) atoms. The van der Waals surface area contributed by atoms with Crippen LogP contribution in [0.1, 0.15) is 11.6 Å². The van der Waals surface area contributed by atoms with Crippen molar-refractivity contribution in [2.45, 2.75) is 6.04 Å². The van der Waals surface area contributed by atoms with E-state index in [4.69, 9.17) is 0 Å². The number of benzene rings is 1. The minimum absolute atomic E-state index is 0.176. The van der Waals surface area contributed by atoms with Crippen molar-refractivity contribution in [2.24, 2.45) is 0 Å². The van der Waals surface area contributed by atoms with Crippen molar-refractivity contribution in [1.29, 1.82) is 0 Å². The van der Waals surface area contributed by atoms with Crippen LogP contribution in [-0.4, -0.2) is 67.9 Å². The lowest BCUT2D eigenvalue weighted by Crippen LogP contribution is -2.50. The third-order valence-corrected chi connectivity index (χ3v) is 3.68. The van der Waals surface area contributed by atoms with Crippen LogP contribution in [0.4, 0.5) is 0 Å². The highest BCUT2D eigenvalue weighted by Crippen LogP contribution is 2.21. The molecule has 0 aromatic heterocycles. The standard InChI is InChI=1S/C15H23N3O/c1-16(2)14(13-7-5-4-6-8-13)15(19)18-11-9-17(3)10-12-18/h4-8,14H,9-12H2,1-3H3. The maximum absolute atomic E-state index is 12.7. The number of amides is 1. The molecule has 1 unspecified atom stereocenters. The fourth-order valence-corrected chi connectivity index (χ4v) is 2.50. The molecule has 4 nitrogen and oxygen atoms in total. The van der Waals surface area contributed by atoms with Gasteiger partial charge in [-0.3, -0.25) is 9.69 Å². The average molecular weight is 261 g/mol. The molecule has 1 fully saturated rings. The van der Waals surface area contributed by atoms with Gasteiger partial charge in [-0.1, -0.05) is 30.3 Å². The van der Waals surface area contributed by atoms with Crippen molar-refractivity contribution in [3.05, 3.63) is 35.9 Å². The third-order valence-electron chi connectivity index (χ3n) is 3.68. The molecular weight excluding hydrogens is 238 g/mol. The Morgan fingerprint density at radius 1 is 1.11 bits per heavy atom. The van der Waals surface area contributed by atoms with Crippen LogP contribution < -0.4 is 0 Å². The molecule has 1 aromatic carbocycles. The first-order chi connectivity index (χ1) is 9.09. The van der Waals surface area contributed by atoms with Crippen molar-refractivity contribution in [3.8, 4) is 0 Å². The van der Waals surface area contributed by atoms with E-state index in [0.717, 1.165) is 31.7 Å². The van der Waals surface area contributed by atoms with Crippen LogP contribution >= 0.6 is 0 Å². The molecule has 1 aliphatic heterocycles. The second-order valence-electron chi connectivity index (χ2n) is 5.41. The number of piperazine rings is 1. The van der Waals surface area contributed by atoms with Gasteiger partial charge in [-0.15, -0.1) is 0 Å². The summed E-state index contributed by atoms with van der Waals surface area (Å²) < 4.78 is 0. The summed E-state index contributed by atoms with van der Waals surface area (Å²) in [4.78, 5) is 19.0. The van der Waals surface area contributed by atoms with Crippen molar-refractivity contribution >= 4 is 5.91 Å². The zero-order valence-electron chi connectivity index (χ0n) is 12.0. The lowest BCUT2D eigenvalue weighted by Gasteiger charge is -2.36. The van der Waals surface area contributed by atoms with Gasteiger partial charge in [0.25, 0.3) is 0 Å². The summed E-state index contributed by atoms with van der Waals surface area (Å²) in [6.45, 7) is 3.57. The van der Waals surface area contributed by atoms with Crippen LogP contribution in [-0.2, 0) is 4.79 Å². The molecule has 104 valence electrons. The molecule has 1 saturated heterocycles. The zero-order valence-corrected chi connectivity index (χ0v) is 12.0. The second kappa shape index (κ2) is 6.17. The summed E-state index contributed by atoms with van der Waals surface area (Å²) in [5.74, 6) is 0.212. The molecule has 0 radical (unpaired) electrons. The minimum atomic E-state index is -0.176. The van der Waals surface area contributed by atoms with Crippen molar-refractivity contribution < 1.29 is 4.79 Å². The number of hydrogen-bond acceptors (Lipinski definition) is 3. The lowest BCUT2D eigenvalue weighted by atomic mass is 10.0. The van der Waals surface area contributed by atoms with Crippen LogP contribution in [0.3, 0.4) is 0 Å². The summed E-state index contributed by atoms with van der Waals surface area (Å²) >= 11 is 0.